The van der Waals surface area contributed by atoms with Crippen molar-refractivity contribution in [3.63, 3.8) is 0 Å². The number of morpholine rings is 1. The molecule has 29 heavy (non-hydrogen) atoms. The third-order valence-electron chi connectivity index (χ3n) is 6.20. The highest BCUT2D eigenvalue weighted by Crippen LogP contribution is 2.41. The number of nitrogens with zero attached hydrogens (tertiary/aromatic N) is 2. The second-order valence-electron chi connectivity index (χ2n) is 8.36. The van der Waals surface area contributed by atoms with Gasteiger partial charge in [-0.15, -0.1) is 0 Å². The van der Waals surface area contributed by atoms with Gasteiger partial charge in [-0.2, -0.15) is 0 Å². The lowest BCUT2D eigenvalue weighted by molar-refractivity contribution is 0.0357. The van der Waals surface area contributed by atoms with E-state index in [1.807, 2.05) is 0 Å². The molecule has 5 rings (SSSR count). The molecule has 3 aliphatic rings. The summed E-state index contributed by atoms with van der Waals surface area (Å²) in [5.74, 6) is 1.59. The number of methoxy groups -OCH3 is 1. The molecule has 1 aromatic carbocycles. The minimum atomic E-state index is 0.618. The van der Waals surface area contributed by atoms with E-state index in [0.717, 1.165) is 74.5 Å². The molecule has 2 aliphatic carbocycles. The third kappa shape index (κ3) is 4.14. The smallest absolute Gasteiger partial charge is 0.163 e. The first kappa shape index (κ1) is 18.9. The normalized spacial score (nSPS) is 19.3. The van der Waals surface area contributed by atoms with Crippen molar-refractivity contribution in [2.45, 2.75) is 44.6 Å². The van der Waals surface area contributed by atoms with E-state index in [1.165, 1.54) is 36.2 Å². The molecule has 1 saturated heterocycles. The summed E-state index contributed by atoms with van der Waals surface area (Å²) in [7, 11) is 1.72. The second kappa shape index (κ2) is 8.36. The lowest BCUT2D eigenvalue weighted by Gasteiger charge is -2.26. The molecule has 0 spiro atoms. The minimum absolute atomic E-state index is 0.618. The number of nitrogens with one attached hydrogen (secondary N) is 1. The first-order valence-corrected chi connectivity index (χ1v) is 11.0. The lowest BCUT2D eigenvalue weighted by atomic mass is 10.1. The van der Waals surface area contributed by atoms with E-state index in [4.69, 9.17) is 19.2 Å². The maximum absolute atomic E-state index is 6.14. The number of aromatic nitrogens is 1. The zero-order valence-corrected chi connectivity index (χ0v) is 17.3. The average Bonchev–Trinajstić information content (AvgIpc) is 3.45. The van der Waals surface area contributed by atoms with Crippen LogP contribution in [-0.4, -0.2) is 62.5 Å². The van der Waals surface area contributed by atoms with Gasteiger partial charge in [-0.25, -0.2) is 0 Å². The van der Waals surface area contributed by atoms with Gasteiger partial charge < -0.3 is 19.5 Å². The highest BCUT2D eigenvalue weighted by molar-refractivity contribution is 5.96. The zero-order valence-electron chi connectivity index (χ0n) is 17.3. The highest BCUT2D eigenvalue weighted by atomic mass is 16.5. The number of anilines is 1. The summed E-state index contributed by atoms with van der Waals surface area (Å²) in [5.41, 5.74) is 4.95. The number of aryl methyl sites for hydroxylation is 1. The minimum Gasteiger partial charge on any atom is -0.493 e. The predicted molar refractivity (Wildman–Crippen MR) is 114 cm³/mol. The van der Waals surface area contributed by atoms with Crippen LogP contribution in [-0.2, 0) is 17.6 Å². The molecule has 6 heteroatoms. The van der Waals surface area contributed by atoms with E-state index in [9.17, 15) is 0 Å². The molecule has 0 radical (unpaired) electrons. The molecule has 1 aromatic heterocycles. The van der Waals surface area contributed by atoms with Gasteiger partial charge in [0.25, 0.3) is 0 Å². The summed E-state index contributed by atoms with van der Waals surface area (Å²) in [6, 6.07) is 4.80. The fraction of sp³-hybridized carbons (Fsp3) is 0.609. The third-order valence-corrected chi connectivity index (χ3v) is 6.20. The molecule has 1 saturated carbocycles. The average molecular weight is 398 g/mol. The highest BCUT2D eigenvalue weighted by Gasteiger charge is 2.27. The van der Waals surface area contributed by atoms with Crippen LogP contribution in [0.5, 0.6) is 11.5 Å². The summed E-state index contributed by atoms with van der Waals surface area (Å²) in [5, 5.41) is 4.93. The van der Waals surface area contributed by atoms with Crippen LogP contribution < -0.4 is 14.8 Å². The molecule has 6 nitrogen and oxygen atoms in total. The van der Waals surface area contributed by atoms with Gasteiger partial charge >= 0.3 is 0 Å². The fourth-order valence-electron chi connectivity index (χ4n) is 4.43. The molecule has 0 atom stereocenters. The summed E-state index contributed by atoms with van der Waals surface area (Å²) >= 11 is 0. The van der Waals surface area contributed by atoms with E-state index >= 15 is 0 Å². The second-order valence-corrected chi connectivity index (χ2v) is 8.36. The van der Waals surface area contributed by atoms with Gasteiger partial charge in [0, 0.05) is 48.5 Å². The van der Waals surface area contributed by atoms with Crippen LogP contribution in [0.2, 0.25) is 0 Å². The van der Waals surface area contributed by atoms with Crippen molar-refractivity contribution in [3.8, 4) is 11.5 Å². The van der Waals surface area contributed by atoms with Crippen LogP contribution in [0.15, 0.2) is 12.1 Å². The van der Waals surface area contributed by atoms with Crippen molar-refractivity contribution in [1.82, 2.24) is 9.88 Å². The number of pyridine rings is 1. The van der Waals surface area contributed by atoms with Crippen molar-refractivity contribution in [2.75, 3.05) is 51.9 Å². The van der Waals surface area contributed by atoms with Crippen molar-refractivity contribution in [1.29, 1.82) is 0 Å². The van der Waals surface area contributed by atoms with Crippen LogP contribution in [0.4, 0.5) is 5.69 Å². The molecule has 1 aliphatic heterocycles. The Hall–Kier alpha value is -2.05. The standard InChI is InChI=1S/C23H31N3O3/c1-27-21-14-18-20(15-22(21)29-11-3-8-26-9-12-28-13-10-26)25-19-5-2-4-17(19)23(18)24-16-6-7-16/h14-16H,2-13H2,1H3,(H,24,25). The Morgan fingerprint density at radius 2 is 2.03 bits per heavy atom. The number of hydrogen-bond acceptors (Lipinski definition) is 6. The van der Waals surface area contributed by atoms with Crippen molar-refractivity contribution in [3.05, 3.63) is 23.4 Å². The number of fused-ring (bicyclic) bond motifs is 2. The van der Waals surface area contributed by atoms with Gasteiger partial charge in [-0.1, -0.05) is 0 Å². The Labute approximate surface area is 172 Å². The van der Waals surface area contributed by atoms with Crippen LogP contribution in [0.1, 0.15) is 36.9 Å². The number of hydrogen-bond donors (Lipinski definition) is 1. The van der Waals surface area contributed by atoms with Crippen LogP contribution in [0.25, 0.3) is 10.9 Å². The maximum atomic E-state index is 6.14. The Kier molecular flexibility index (Phi) is 5.46. The van der Waals surface area contributed by atoms with Gasteiger partial charge in [0.2, 0.25) is 0 Å². The molecule has 1 N–H and O–H groups in total. The first-order chi connectivity index (χ1) is 14.3. The molecule has 2 heterocycles. The van der Waals surface area contributed by atoms with Crippen molar-refractivity contribution >= 4 is 16.6 Å². The molecule has 0 bridgehead atoms. The van der Waals surface area contributed by atoms with E-state index < -0.39 is 0 Å². The van der Waals surface area contributed by atoms with Gasteiger partial charge in [0.1, 0.15) is 0 Å². The molecule has 2 fully saturated rings. The number of benzene rings is 1. The lowest BCUT2D eigenvalue weighted by Crippen LogP contribution is -2.37. The Morgan fingerprint density at radius 3 is 2.83 bits per heavy atom. The quantitative estimate of drug-likeness (QED) is 0.689. The molecule has 0 amide bonds. The van der Waals surface area contributed by atoms with E-state index in [2.05, 4.69) is 22.3 Å². The van der Waals surface area contributed by atoms with Crippen LogP contribution >= 0.6 is 0 Å². The van der Waals surface area contributed by atoms with Crippen molar-refractivity contribution in [2.24, 2.45) is 0 Å². The Balaban J connectivity index is 1.35. The largest absolute Gasteiger partial charge is 0.493 e. The SMILES string of the molecule is COc1cc2c(NC3CC3)c3c(nc2cc1OCCCN1CCOCC1)CCC3. The summed E-state index contributed by atoms with van der Waals surface area (Å²) in [6.45, 7) is 5.44. The molecular weight excluding hydrogens is 366 g/mol. The summed E-state index contributed by atoms with van der Waals surface area (Å²) in [6.07, 6.45) is 6.91. The van der Waals surface area contributed by atoms with Crippen LogP contribution in [0, 0.1) is 0 Å². The first-order valence-electron chi connectivity index (χ1n) is 11.0. The predicted octanol–water partition coefficient (Wildman–Crippen LogP) is 3.41. The molecule has 156 valence electrons. The number of rotatable bonds is 8. The van der Waals surface area contributed by atoms with E-state index in [0.29, 0.717) is 12.6 Å². The van der Waals surface area contributed by atoms with E-state index in [1.54, 1.807) is 7.11 Å². The zero-order chi connectivity index (χ0) is 19.6. The Bertz CT molecular complexity index is 876. The molecular formula is C23H31N3O3. The fourth-order valence-corrected chi connectivity index (χ4v) is 4.43. The summed E-state index contributed by atoms with van der Waals surface area (Å²) in [4.78, 5) is 7.42. The summed E-state index contributed by atoms with van der Waals surface area (Å²) < 4.78 is 17.2. The van der Waals surface area contributed by atoms with Crippen LogP contribution in [0.3, 0.4) is 0 Å². The Morgan fingerprint density at radius 1 is 1.17 bits per heavy atom. The van der Waals surface area contributed by atoms with Gasteiger partial charge in [-0.3, -0.25) is 9.88 Å². The van der Waals surface area contributed by atoms with E-state index in [-0.39, 0.29) is 0 Å². The van der Waals surface area contributed by atoms with Crippen molar-refractivity contribution < 1.29 is 14.2 Å². The number of ether oxygens (including phenoxy) is 3. The molecule has 0 unspecified atom stereocenters. The topological polar surface area (TPSA) is 55.8 Å². The van der Waals surface area contributed by atoms with Gasteiger partial charge in [0.15, 0.2) is 11.5 Å². The monoisotopic (exact) mass is 397 g/mol. The maximum Gasteiger partial charge on any atom is 0.163 e. The van der Waals surface area contributed by atoms with Gasteiger partial charge in [-0.05, 0) is 50.2 Å². The van der Waals surface area contributed by atoms with Gasteiger partial charge in [0.05, 0.1) is 32.4 Å². The molecule has 2 aromatic rings.